The Hall–Kier alpha value is -2.89. The van der Waals surface area contributed by atoms with Crippen LogP contribution in [0.15, 0.2) is 53.5 Å². The molecule has 1 aliphatic heterocycles. The molecule has 2 aromatic rings. The smallest absolute Gasteiger partial charge is 0.237 e. The van der Waals surface area contributed by atoms with Crippen LogP contribution in [0.1, 0.15) is 26.3 Å². The number of carbonyl (C=O) groups excluding carboxylic acids is 1. The number of para-hydroxylation sites is 1. The summed E-state index contributed by atoms with van der Waals surface area (Å²) in [6.07, 6.45) is 0. The molecule has 0 radical (unpaired) electrons. The zero-order valence-corrected chi connectivity index (χ0v) is 15.4. The van der Waals surface area contributed by atoms with Gasteiger partial charge in [0.15, 0.2) is 5.96 Å². The molecular weight excluding hydrogens is 331 g/mol. The van der Waals surface area contributed by atoms with Crippen molar-refractivity contribution in [2.24, 2.45) is 16.1 Å². The summed E-state index contributed by atoms with van der Waals surface area (Å²) in [6.45, 7) is 5.27. The summed E-state index contributed by atoms with van der Waals surface area (Å²) in [5, 5.41) is 3.24. The minimum atomic E-state index is -1.13. The average molecular weight is 354 g/mol. The van der Waals surface area contributed by atoms with E-state index in [0.29, 0.717) is 11.3 Å². The summed E-state index contributed by atoms with van der Waals surface area (Å²) < 4.78 is 14.8. The van der Waals surface area contributed by atoms with Crippen molar-refractivity contribution in [1.29, 1.82) is 0 Å². The Morgan fingerprint density at radius 1 is 1.08 bits per heavy atom. The number of carbonyl (C=O) groups is 1. The van der Waals surface area contributed by atoms with E-state index in [1.165, 1.54) is 11.0 Å². The van der Waals surface area contributed by atoms with Gasteiger partial charge in [-0.25, -0.2) is 9.38 Å². The molecule has 1 aliphatic rings. The standard InChI is InChI=1S/C20H23FN4O/c1-19(2)17(26)25(4)18(22)24-20(19,3)15-12-14(10-11-16(15)21)23-13-8-6-5-7-9-13/h5-12,23H,1-4H3,(H2,22,24). The van der Waals surface area contributed by atoms with Gasteiger partial charge in [0.2, 0.25) is 5.91 Å². The Labute approximate surface area is 152 Å². The summed E-state index contributed by atoms with van der Waals surface area (Å²) in [5.41, 5.74) is 5.77. The van der Waals surface area contributed by atoms with Gasteiger partial charge in [-0.05, 0) is 51.1 Å². The van der Waals surface area contributed by atoms with Crippen molar-refractivity contribution in [2.75, 3.05) is 12.4 Å². The van der Waals surface area contributed by atoms with E-state index >= 15 is 0 Å². The molecule has 5 nitrogen and oxygen atoms in total. The SMILES string of the molecule is CN1C(=O)C(C)(C)C(C)(c2cc(Nc3ccccc3)ccc2F)N=C1N. The zero-order chi connectivity index (χ0) is 19.1. The number of anilines is 2. The Morgan fingerprint density at radius 2 is 1.73 bits per heavy atom. The Balaban J connectivity index is 2.10. The van der Waals surface area contributed by atoms with Crippen LogP contribution in [0.5, 0.6) is 0 Å². The lowest BCUT2D eigenvalue weighted by Gasteiger charge is -2.46. The molecule has 1 atom stereocenters. The molecule has 6 heteroatoms. The summed E-state index contributed by atoms with van der Waals surface area (Å²) in [5.74, 6) is -0.543. The topological polar surface area (TPSA) is 70.7 Å². The van der Waals surface area contributed by atoms with E-state index in [-0.39, 0.29) is 11.9 Å². The number of hydrogen-bond donors (Lipinski definition) is 2. The van der Waals surface area contributed by atoms with Gasteiger partial charge in [-0.2, -0.15) is 0 Å². The highest BCUT2D eigenvalue weighted by Crippen LogP contribution is 2.47. The number of amides is 1. The molecule has 1 amide bonds. The first kappa shape index (κ1) is 17.9. The number of nitrogens with two attached hydrogens (primary N) is 1. The van der Waals surface area contributed by atoms with Crippen molar-refractivity contribution < 1.29 is 9.18 Å². The van der Waals surface area contributed by atoms with Crippen LogP contribution in [0.25, 0.3) is 0 Å². The maximum Gasteiger partial charge on any atom is 0.237 e. The number of nitrogens with one attached hydrogen (secondary N) is 1. The normalized spacial score (nSPS) is 22.1. The largest absolute Gasteiger partial charge is 0.369 e. The van der Waals surface area contributed by atoms with Crippen LogP contribution in [0.3, 0.4) is 0 Å². The van der Waals surface area contributed by atoms with Gasteiger partial charge in [-0.15, -0.1) is 0 Å². The molecule has 2 aromatic carbocycles. The van der Waals surface area contributed by atoms with Gasteiger partial charge in [-0.1, -0.05) is 18.2 Å². The lowest BCUT2D eigenvalue weighted by molar-refractivity contribution is -0.140. The molecule has 136 valence electrons. The van der Waals surface area contributed by atoms with Crippen molar-refractivity contribution in [2.45, 2.75) is 26.3 Å². The molecule has 0 saturated heterocycles. The predicted octanol–water partition coefficient (Wildman–Crippen LogP) is 3.60. The number of aliphatic imine (C=N–C) groups is 1. The molecule has 3 rings (SSSR count). The number of rotatable bonds is 3. The molecule has 0 aliphatic carbocycles. The number of nitrogens with zero attached hydrogens (tertiary/aromatic N) is 2. The first-order valence-corrected chi connectivity index (χ1v) is 8.42. The van der Waals surface area contributed by atoms with Crippen molar-refractivity contribution in [3.05, 3.63) is 59.9 Å². The monoisotopic (exact) mass is 354 g/mol. The minimum Gasteiger partial charge on any atom is -0.369 e. The average Bonchev–Trinajstić information content (AvgIpc) is 2.61. The van der Waals surface area contributed by atoms with Crippen LogP contribution in [0.4, 0.5) is 15.8 Å². The van der Waals surface area contributed by atoms with Crippen LogP contribution >= 0.6 is 0 Å². The van der Waals surface area contributed by atoms with E-state index in [1.54, 1.807) is 40.0 Å². The van der Waals surface area contributed by atoms with E-state index in [4.69, 9.17) is 5.73 Å². The van der Waals surface area contributed by atoms with E-state index in [9.17, 15) is 9.18 Å². The second-order valence-electron chi connectivity index (χ2n) is 7.22. The molecule has 0 fully saturated rings. The third-order valence-electron chi connectivity index (χ3n) is 5.29. The fraction of sp³-hybridized carbons (Fsp3) is 0.300. The maximum absolute atomic E-state index is 14.8. The highest BCUT2D eigenvalue weighted by atomic mass is 19.1. The van der Waals surface area contributed by atoms with Crippen LogP contribution < -0.4 is 11.1 Å². The summed E-state index contributed by atoms with van der Waals surface area (Å²) in [6, 6.07) is 14.3. The van der Waals surface area contributed by atoms with Crippen molar-refractivity contribution in [1.82, 2.24) is 4.90 Å². The Morgan fingerprint density at radius 3 is 2.38 bits per heavy atom. The summed E-state index contributed by atoms with van der Waals surface area (Å²) in [7, 11) is 1.58. The zero-order valence-electron chi connectivity index (χ0n) is 15.4. The molecule has 0 bridgehead atoms. The lowest BCUT2D eigenvalue weighted by atomic mass is 9.67. The molecule has 1 heterocycles. The molecule has 3 N–H and O–H groups in total. The molecule has 1 unspecified atom stereocenters. The van der Waals surface area contributed by atoms with Crippen LogP contribution in [-0.4, -0.2) is 23.8 Å². The van der Waals surface area contributed by atoms with Crippen molar-refractivity contribution in [3.8, 4) is 0 Å². The second-order valence-corrected chi connectivity index (χ2v) is 7.22. The minimum absolute atomic E-state index is 0.0812. The number of benzene rings is 2. The first-order chi connectivity index (χ1) is 12.2. The second kappa shape index (κ2) is 6.12. The van der Waals surface area contributed by atoms with E-state index in [0.717, 1.165) is 5.69 Å². The molecular formula is C20H23FN4O. The van der Waals surface area contributed by atoms with Gasteiger partial charge < -0.3 is 11.1 Å². The molecule has 0 aromatic heterocycles. The van der Waals surface area contributed by atoms with E-state index < -0.39 is 16.8 Å². The summed E-state index contributed by atoms with van der Waals surface area (Å²) in [4.78, 5) is 18.6. The van der Waals surface area contributed by atoms with Gasteiger partial charge in [-0.3, -0.25) is 9.69 Å². The van der Waals surface area contributed by atoms with Gasteiger partial charge in [0, 0.05) is 24.0 Å². The highest BCUT2D eigenvalue weighted by molar-refractivity contribution is 6.01. The van der Waals surface area contributed by atoms with Gasteiger partial charge in [0.25, 0.3) is 0 Å². The van der Waals surface area contributed by atoms with Gasteiger partial charge >= 0.3 is 0 Å². The number of guanidine groups is 1. The predicted molar refractivity (Wildman–Crippen MR) is 102 cm³/mol. The van der Waals surface area contributed by atoms with Crippen LogP contribution in [-0.2, 0) is 10.3 Å². The third kappa shape index (κ3) is 2.71. The van der Waals surface area contributed by atoms with Gasteiger partial charge in [0.05, 0.1) is 5.41 Å². The first-order valence-electron chi connectivity index (χ1n) is 8.42. The highest BCUT2D eigenvalue weighted by Gasteiger charge is 2.53. The number of hydrogen-bond acceptors (Lipinski definition) is 4. The summed E-state index contributed by atoms with van der Waals surface area (Å²) >= 11 is 0. The molecule has 0 spiro atoms. The van der Waals surface area contributed by atoms with E-state index in [1.807, 2.05) is 30.3 Å². The van der Waals surface area contributed by atoms with Crippen molar-refractivity contribution in [3.63, 3.8) is 0 Å². The lowest BCUT2D eigenvalue weighted by Crippen LogP contribution is -2.58. The fourth-order valence-corrected chi connectivity index (χ4v) is 3.24. The number of halogens is 1. The Bertz CT molecular complexity index is 879. The van der Waals surface area contributed by atoms with Crippen LogP contribution in [0.2, 0.25) is 0 Å². The van der Waals surface area contributed by atoms with Crippen LogP contribution in [0, 0.1) is 11.2 Å². The quantitative estimate of drug-likeness (QED) is 0.885. The molecule has 26 heavy (non-hydrogen) atoms. The third-order valence-corrected chi connectivity index (χ3v) is 5.29. The Kier molecular flexibility index (Phi) is 4.22. The fourth-order valence-electron chi connectivity index (χ4n) is 3.24. The molecule has 0 saturated carbocycles. The van der Waals surface area contributed by atoms with Crippen molar-refractivity contribution >= 4 is 23.2 Å². The maximum atomic E-state index is 14.8. The van der Waals surface area contributed by atoms with Gasteiger partial charge in [0.1, 0.15) is 11.4 Å². The van der Waals surface area contributed by atoms with E-state index in [2.05, 4.69) is 10.3 Å².